The van der Waals surface area contributed by atoms with Crippen LogP contribution in [0.25, 0.3) is 0 Å². The van der Waals surface area contributed by atoms with Gasteiger partial charge in [0.05, 0.1) is 37.9 Å². The van der Waals surface area contributed by atoms with Gasteiger partial charge < -0.3 is 14.6 Å². The summed E-state index contributed by atoms with van der Waals surface area (Å²) in [5, 5.41) is 10.0. The van der Waals surface area contributed by atoms with Gasteiger partial charge in [0.25, 0.3) is 0 Å². The number of hydrogen-bond acceptors (Lipinski definition) is 7. The van der Waals surface area contributed by atoms with Gasteiger partial charge in [-0.1, -0.05) is 6.92 Å². The second-order valence-corrected chi connectivity index (χ2v) is 9.45. The lowest BCUT2D eigenvalue weighted by molar-refractivity contribution is 0.130. The lowest BCUT2D eigenvalue weighted by Crippen LogP contribution is -2.46. The molecular weight excluding hydrogens is 358 g/mol. The zero-order valence-corrected chi connectivity index (χ0v) is 15.3. The lowest BCUT2D eigenvalue weighted by atomic mass is 10.2. The van der Waals surface area contributed by atoms with Crippen molar-refractivity contribution in [3.63, 3.8) is 0 Å². The second kappa shape index (κ2) is 6.87. The highest BCUT2D eigenvalue weighted by molar-refractivity contribution is 7.92. The van der Waals surface area contributed by atoms with Gasteiger partial charge in [-0.3, -0.25) is 0 Å². The molecule has 0 spiro atoms. The molecule has 1 fully saturated rings. The van der Waals surface area contributed by atoms with Crippen LogP contribution < -0.4 is 9.47 Å². The van der Waals surface area contributed by atoms with Crippen molar-refractivity contribution in [3.05, 3.63) is 18.2 Å². The van der Waals surface area contributed by atoms with Crippen LogP contribution in [0.15, 0.2) is 23.1 Å². The lowest BCUT2D eigenvalue weighted by Gasteiger charge is -2.28. The summed E-state index contributed by atoms with van der Waals surface area (Å²) in [7, 11) is -4.83. The standard InChI is InChI=1S/C14H21NO7S2/c1-4-15(11-8-23(17,18)9-12(11)16)24(19,20)14-7-10(21-2)5-6-13(14)22-3/h5-7,11-12,16H,4,8-9H2,1-3H3/t11-,12-/m0/s1. The highest BCUT2D eigenvalue weighted by Gasteiger charge is 2.44. The fraction of sp³-hybridized carbons (Fsp3) is 0.571. The van der Waals surface area contributed by atoms with E-state index in [-0.39, 0.29) is 17.2 Å². The molecule has 0 aliphatic carbocycles. The minimum Gasteiger partial charge on any atom is -0.497 e. The van der Waals surface area contributed by atoms with Gasteiger partial charge in [0.2, 0.25) is 10.0 Å². The Hall–Kier alpha value is -1.36. The molecule has 2 atom stereocenters. The third-order valence-corrected chi connectivity index (χ3v) is 7.65. The van der Waals surface area contributed by atoms with Crippen LogP contribution in [-0.2, 0) is 19.9 Å². The minimum atomic E-state index is -4.09. The Morgan fingerprint density at radius 1 is 1.25 bits per heavy atom. The first-order valence-corrected chi connectivity index (χ1v) is 10.5. The van der Waals surface area contributed by atoms with Crippen molar-refractivity contribution in [1.82, 2.24) is 4.31 Å². The largest absolute Gasteiger partial charge is 0.497 e. The Kier molecular flexibility index (Phi) is 5.43. The van der Waals surface area contributed by atoms with Crippen molar-refractivity contribution in [2.24, 2.45) is 0 Å². The van der Waals surface area contributed by atoms with Crippen molar-refractivity contribution >= 4 is 19.9 Å². The van der Waals surface area contributed by atoms with Crippen LogP contribution in [0.5, 0.6) is 11.5 Å². The average molecular weight is 379 g/mol. The summed E-state index contributed by atoms with van der Waals surface area (Å²) >= 11 is 0. The first-order chi connectivity index (χ1) is 11.2. The number of hydrogen-bond donors (Lipinski definition) is 1. The van der Waals surface area contributed by atoms with Crippen LogP contribution in [-0.4, -0.2) is 70.7 Å². The number of sulfonamides is 1. The topological polar surface area (TPSA) is 110 Å². The van der Waals surface area contributed by atoms with Crippen molar-refractivity contribution in [3.8, 4) is 11.5 Å². The molecule has 1 heterocycles. The van der Waals surface area contributed by atoms with Gasteiger partial charge in [-0.2, -0.15) is 4.31 Å². The molecule has 136 valence electrons. The van der Waals surface area contributed by atoms with E-state index in [1.54, 1.807) is 13.0 Å². The van der Waals surface area contributed by atoms with Crippen LogP contribution in [0, 0.1) is 0 Å². The minimum absolute atomic E-state index is 0.0138. The van der Waals surface area contributed by atoms with E-state index in [1.807, 2.05) is 0 Å². The van der Waals surface area contributed by atoms with Crippen LogP contribution in [0.2, 0.25) is 0 Å². The summed E-state index contributed by atoms with van der Waals surface area (Å²) in [6, 6.07) is 3.30. The molecule has 8 nitrogen and oxygen atoms in total. The summed E-state index contributed by atoms with van der Waals surface area (Å²) in [5.41, 5.74) is 0. The van der Waals surface area contributed by atoms with Crippen LogP contribution in [0.3, 0.4) is 0 Å². The molecular formula is C14H21NO7S2. The summed E-state index contributed by atoms with van der Waals surface area (Å²) in [4.78, 5) is -0.136. The number of aliphatic hydroxyl groups excluding tert-OH is 1. The Balaban J connectivity index is 2.52. The first kappa shape index (κ1) is 19.0. The highest BCUT2D eigenvalue weighted by atomic mass is 32.2. The predicted octanol–water partition coefficient (Wildman–Crippen LogP) is -0.128. The molecule has 2 rings (SSSR count). The molecule has 1 aliphatic heterocycles. The van der Waals surface area contributed by atoms with Gasteiger partial charge in [-0.25, -0.2) is 16.8 Å². The quantitative estimate of drug-likeness (QED) is 0.733. The van der Waals surface area contributed by atoms with Crippen molar-refractivity contribution in [2.45, 2.75) is 24.0 Å². The molecule has 0 bridgehead atoms. The van der Waals surface area contributed by atoms with Crippen molar-refractivity contribution < 1.29 is 31.4 Å². The maximum absolute atomic E-state index is 13.0. The Bertz CT molecular complexity index is 804. The SMILES string of the molecule is CCN([C@H]1CS(=O)(=O)C[C@@H]1O)S(=O)(=O)c1cc(OC)ccc1OC. The number of benzene rings is 1. The first-order valence-electron chi connectivity index (χ1n) is 7.28. The van der Waals surface area contributed by atoms with E-state index in [0.29, 0.717) is 5.75 Å². The van der Waals surface area contributed by atoms with E-state index in [4.69, 9.17) is 9.47 Å². The molecule has 0 radical (unpaired) electrons. The number of methoxy groups -OCH3 is 2. The zero-order valence-electron chi connectivity index (χ0n) is 13.7. The third-order valence-electron chi connectivity index (χ3n) is 3.93. The number of aliphatic hydroxyl groups is 1. The second-order valence-electron chi connectivity index (χ2n) is 5.44. The zero-order chi connectivity index (χ0) is 18.1. The highest BCUT2D eigenvalue weighted by Crippen LogP contribution is 2.33. The monoisotopic (exact) mass is 379 g/mol. The van der Waals surface area contributed by atoms with Crippen LogP contribution in [0.4, 0.5) is 0 Å². The maximum atomic E-state index is 13.0. The van der Waals surface area contributed by atoms with Gasteiger partial charge >= 0.3 is 0 Å². The normalized spacial score (nSPS) is 23.4. The van der Waals surface area contributed by atoms with Gasteiger partial charge in [0.1, 0.15) is 16.4 Å². The van der Waals surface area contributed by atoms with E-state index >= 15 is 0 Å². The van der Waals surface area contributed by atoms with Gasteiger partial charge in [-0.15, -0.1) is 0 Å². The smallest absolute Gasteiger partial charge is 0.247 e. The van der Waals surface area contributed by atoms with E-state index in [2.05, 4.69) is 0 Å². The van der Waals surface area contributed by atoms with E-state index in [1.165, 1.54) is 26.4 Å². The summed E-state index contributed by atoms with van der Waals surface area (Å²) in [5.74, 6) is -0.415. The fourth-order valence-corrected chi connectivity index (χ4v) is 6.51. The predicted molar refractivity (Wildman–Crippen MR) is 87.6 cm³/mol. The maximum Gasteiger partial charge on any atom is 0.247 e. The number of likely N-dealkylation sites (N-methyl/N-ethyl adjacent to an activating group) is 1. The molecule has 24 heavy (non-hydrogen) atoms. The molecule has 0 aromatic heterocycles. The number of rotatable bonds is 6. The van der Waals surface area contributed by atoms with E-state index in [9.17, 15) is 21.9 Å². The van der Waals surface area contributed by atoms with Crippen LogP contribution in [0.1, 0.15) is 6.92 Å². The molecule has 1 aliphatic rings. The number of nitrogens with zero attached hydrogens (tertiary/aromatic N) is 1. The molecule has 0 amide bonds. The molecule has 0 unspecified atom stereocenters. The summed E-state index contributed by atoms with van der Waals surface area (Å²) in [6.45, 7) is 1.60. The Morgan fingerprint density at radius 3 is 2.38 bits per heavy atom. The van der Waals surface area contributed by atoms with E-state index in [0.717, 1.165) is 4.31 Å². The molecule has 10 heteroatoms. The van der Waals surface area contributed by atoms with Gasteiger partial charge in [0, 0.05) is 12.6 Å². The summed E-state index contributed by atoms with van der Waals surface area (Å²) in [6.07, 6.45) is -1.26. The van der Waals surface area contributed by atoms with Gasteiger partial charge in [-0.05, 0) is 12.1 Å². The Morgan fingerprint density at radius 2 is 1.92 bits per heavy atom. The van der Waals surface area contributed by atoms with Crippen LogP contribution >= 0.6 is 0 Å². The molecule has 1 N–H and O–H groups in total. The van der Waals surface area contributed by atoms with Crippen molar-refractivity contribution in [2.75, 3.05) is 32.3 Å². The molecule has 1 saturated heterocycles. The molecule has 1 aromatic rings. The summed E-state index contributed by atoms with van der Waals surface area (Å²) < 4.78 is 60.7. The van der Waals surface area contributed by atoms with Gasteiger partial charge in [0.15, 0.2) is 9.84 Å². The fourth-order valence-electron chi connectivity index (χ4n) is 2.78. The number of ether oxygens (including phenoxy) is 2. The molecule has 0 saturated carbocycles. The molecule has 1 aromatic carbocycles. The average Bonchev–Trinajstić information content (AvgIpc) is 2.79. The van der Waals surface area contributed by atoms with E-state index < -0.39 is 43.5 Å². The van der Waals surface area contributed by atoms with Crippen molar-refractivity contribution in [1.29, 1.82) is 0 Å². The third kappa shape index (κ3) is 3.51. The number of sulfone groups is 1. The Labute approximate surface area is 142 Å².